The molecule has 6 nitrogen and oxygen atoms in total. The van der Waals surface area contributed by atoms with Crippen molar-refractivity contribution in [3.05, 3.63) is 63.8 Å². The average molecular weight is 420 g/mol. The van der Waals surface area contributed by atoms with Gasteiger partial charge in [0.15, 0.2) is 5.82 Å². The molecule has 0 aliphatic heterocycles. The molecule has 1 N–H and O–H groups in total. The third kappa shape index (κ3) is 4.19. The number of nitrogens with one attached hydrogen (secondary N) is 1. The third-order valence-electron chi connectivity index (χ3n) is 4.04. The van der Waals surface area contributed by atoms with Crippen LogP contribution in [0.2, 0.25) is 0 Å². The Morgan fingerprint density at radius 2 is 2.00 bits per heavy atom. The summed E-state index contributed by atoms with van der Waals surface area (Å²) in [6, 6.07) is 8.25. The molecule has 0 saturated carbocycles. The fraction of sp³-hybridized carbons (Fsp3) is 0.278. The van der Waals surface area contributed by atoms with Crippen LogP contribution < -0.4 is 5.32 Å². The Morgan fingerprint density at radius 3 is 2.69 bits per heavy atom. The number of halogens is 2. The Morgan fingerprint density at radius 1 is 1.23 bits per heavy atom. The summed E-state index contributed by atoms with van der Waals surface area (Å²) in [5.74, 6) is 0.0235. The van der Waals surface area contributed by atoms with Gasteiger partial charge in [0.1, 0.15) is 5.82 Å². The minimum Gasteiger partial charge on any atom is -0.309 e. The van der Waals surface area contributed by atoms with Crippen LogP contribution in [0.5, 0.6) is 0 Å². The number of carbonyl (C=O) groups is 1. The number of carbonyl (C=O) groups excluding carboxylic acids is 1. The normalized spacial score (nSPS) is 10.9. The van der Waals surface area contributed by atoms with Crippen molar-refractivity contribution in [2.45, 2.75) is 33.4 Å². The number of benzene rings is 1. The fourth-order valence-electron chi connectivity index (χ4n) is 2.62. The van der Waals surface area contributed by atoms with Gasteiger partial charge in [0.2, 0.25) is 5.91 Å². The fourth-order valence-corrected chi connectivity index (χ4v) is 2.91. The first kappa shape index (κ1) is 18.3. The molecular formula is C18H19BrFN5O. The molecule has 2 aromatic heterocycles. The summed E-state index contributed by atoms with van der Waals surface area (Å²) in [4.78, 5) is 12.1. The molecule has 0 atom stereocenters. The van der Waals surface area contributed by atoms with Gasteiger partial charge in [0.25, 0.3) is 0 Å². The van der Waals surface area contributed by atoms with Crippen molar-refractivity contribution in [2.75, 3.05) is 5.32 Å². The largest absolute Gasteiger partial charge is 0.309 e. The second kappa shape index (κ2) is 7.82. The Kier molecular flexibility index (Phi) is 5.51. The number of aromatic nitrogens is 4. The lowest BCUT2D eigenvalue weighted by atomic mass is 10.2. The Hall–Kier alpha value is -2.48. The van der Waals surface area contributed by atoms with Crippen molar-refractivity contribution in [2.24, 2.45) is 0 Å². The third-order valence-corrected chi connectivity index (χ3v) is 5.19. The minimum atomic E-state index is -0.273. The van der Waals surface area contributed by atoms with E-state index in [9.17, 15) is 9.18 Å². The highest BCUT2D eigenvalue weighted by molar-refractivity contribution is 9.10. The van der Waals surface area contributed by atoms with Gasteiger partial charge in [-0.3, -0.25) is 14.2 Å². The van der Waals surface area contributed by atoms with E-state index in [2.05, 4.69) is 31.4 Å². The van der Waals surface area contributed by atoms with E-state index in [-0.39, 0.29) is 18.1 Å². The molecule has 0 aliphatic carbocycles. The molecule has 2 heterocycles. The standard InChI is InChI=1S/C18H19BrFN5O/c1-12-18(19)13(2)25(22-12)10-8-17(26)21-16-7-9-24(23-16)11-14-5-3-4-6-15(14)20/h3-7,9H,8,10-11H2,1-2H3,(H,21,23,26). The lowest BCUT2D eigenvalue weighted by Gasteiger charge is -2.05. The zero-order valence-corrected chi connectivity index (χ0v) is 16.1. The first-order valence-electron chi connectivity index (χ1n) is 8.20. The Balaban J connectivity index is 1.56. The molecule has 8 heteroatoms. The van der Waals surface area contributed by atoms with Gasteiger partial charge in [-0.1, -0.05) is 18.2 Å². The maximum Gasteiger partial charge on any atom is 0.227 e. The highest BCUT2D eigenvalue weighted by Gasteiger charge is 2.11. The highest BCUT2D eigenvalue weighted by Crippen LogP contribution is 2.20. The second-order valence-electron chi connectivity index (χ2n) is 6.00. The first-order valence-corrected chi connectivity index (χ1v) is 8.99. The summed E-state index contributed by atoms with van der Waals surface area (Å²) in [5, 5.41) is 11.4. The average Bonchev–Trinajstić information content (AvgIpc) is 3.15. The van der Waals surface area contributed by atoms with Crippen LogP contribution in [0.3, 0.4) is 0 Å². The van der Waals surface area contributed by atoms with Gasteiger partial charge in [0, 0.05) is 29.9 Å². The van der Waals surface area contributed by atoms with Crippen LogP contribution >= 0.6 is 15.9 Å². The summed E-state index contributed by atoms with van der Waals surface area (Å²) in [5.41, 5.74) is 2.43. The minimum absolute atomic E-state index is 0.148. The summed E-state index contributed by atoms with van der Waals surface area (Å²) in [6.07, 6.45) is 1.99. The van der Waals surface area contributed by atoms with E-state index in [1.54, 1.807) is 39.8 Å². The van der Waals surface area contributed by atoms with Crippen molar-refractivity contribution in [1.29, 1.82) is 0 Å². The second-order valence-corrected chi connectivity index (χ2v) is 6.79. The lowest BCUT2D eigenvalue weighted by molar-refractivity contribution is -0.116. The maximum atomic E-state index is 13.7. The molecule has 0 fully saturated rings. The summed E-state index contributed by atoms with van der Waals surface area (Å²) < 4.78 is 18.0. The topological polar surface area (TPSA) is 64.7 Å². The zero-order valence-electron chi connectivity index (χ0n) is 14.5. The molecule has 0 radical (unpaired) electrons. The SMILES string of the molecule is Cc1nn(CCC(=O)Nc2ccn(Cc3ccccc3F)n2)c(C)c1Br. The zero-order chi connectivity index (χ0) is 18.7. The number of nitrogens with zero attached hydrogens (tertiary/aromatic N) is 4. The van der Waals surface area contributed by atoms with Crippen LogP contribution in [-0.4, -0.2) is 25.5 Å². The van der Waals surface area contributed by atoms with Crippen LogP contribution in [0.25, 0.3) is 0 Å². The molecule has 0 spiro atoms. The number of aryl methyl sites for hydroxylation is 2. The molecule has 0 bridgehead atoms. The molecular weight excluding hydrogens is 401 g/mol. The van der Waals surface area contributed by atoms with E-state index in [0.717, 1.165) is 15.9 Å². The van der Waals surface area contributed by atoms with Crippen LogP contribution in [0.15, 0.2) is 41.0 Å². The Bertz CT molecular complexity index is 934. The molecule has 0 saturated heterocycles. The predicted octanol–water partition coefficient (Wildman–Crippen LogP) is 3.68. The van der Waals surface area contributed by atoms with Crippen LogP contribution in [0, 0.1) is 19.7 Å². The van der Waals surface area contributed by atoms with Gasteiger partial charge in [-0.25, -0.2) is 4.39 Å². The molecule has 136 valence electrons. The van der Waals surface area contributed by atoms with E-state index in [0.29, 0.717) is 24.5 Å². The van der Waals surface area contributed by atoms with Crippen LogP contribution in [0.4, 0.5) is 10.2 Å². The number of hydrogen-bond donors (Lipinski definition) is 1. The van der Waals surface area contributed by atoms with E-state index >= 15 is 0 Å². The predicted molar refractivity (Wildman–Crippen MR) is 100 cm³/mol. The summed E-state index contributed by atoms with van der Waals surface area (Å²) in [6.45, 7) is 4.66. The highest BCUT2D eigenvalue weighted by atomic mass is 79.9. The van der Waals surface area contributed by atoms with Crippen molar-refractivity contribution in [1.82, 2.24) is 19.6 Å². The van der Waals surface area contributed by atoms with Gasteiger partial charge < -0.3 is 5.32 Å². The number of rotatable bonds is 6. The quantitative estimate of drug-likeness (QED) is 0.662. The van der Waals surface area contributed by atoms with Crippen molar-refractivity contribution in [3.63, 3.8) is 0 Å². The van der Waals surface area contributed by atoms with E-state index < -0.39 is 0 Å². The van der Waals surface area contributed by atoms with Gasteiger partial charge in [-0.05, 0) is 35.8 Å². The smallest absolute Gasteiger partial charge is 0.227 e. The number of amides is 1. The molecule has 0 unspecified atom stereocenters. The monoisotopic (exact) mass is 419 g/mol. The van der Waals surface area contributed by atoms with Crippen LogP contribution in [0.1, 0.15) is 23.4 Å². The molecule has 26 heavy (non-hydrogen) atoms. The van der Waals surface area contributed by atoms with E-state index in [1.807, 2.05) is 13.8 Å². The first-order chi connectivity index (χ1) is 12.4. The van der Waals surface area contributed by atoms with Crippen molar-refractivity contribution < 1.29 is 9.18 Å². The molecule has 0 aliphatic rings. The lowest BCUT2D eigenvalue weighted by Crippen LogP contribution is -2.16. The van der Waals surface area contributed by atoms with E-state index in [1.165, 1.54) is 6.07 Å². The van der Waals surface area contributed by atoms with Gasteiger partial charge in [0.05, 0.1) is 23.3 Å². The van der Waals surface area contributed by atoms with Crippen molar-refractivity contribution >= 4 is 27.7 Å². The van der Waals surface area contributed by atoms with Crippen molar-refractivity contribution in [3.8, 4) is 0 Å². The van der Waals surface area contributed by atoms with E-state index in [4.69, 9.17) is 0 Å². The van der Waals surface area contributed by atoms with Gasteiger partial charge in [-0.15, -0.1) is 0 Å². The summed E-state index contributed by atoms with van der Waals surface area (Å²) in [7, 11) is 0. The Labute approximate surface area is 159 Å². The van der Waals surface area contributed by atoms with Crippen LogP contribution in [-0.2, 0) is 17.9 Å². The molecule has 3 aromatic rings. The number of anilines is 1. The number of hydrogen-bond acceptors (Lipinski definition) is 3. The van der Waals surface area contributed by atoms with Gasteiger partial charge in [-0.2, -0.15) is 10.2 Å². The molecule has 3 rings (SSSR count). The van der Waals surface area contributed by atoms with Gasteiger partial charge >= 0.3 is 0 Å². The molecule has 1 amide bonds. The molecule has 1 aromatic carbocycles. The summed E-state index contributed by atoms with van der Waals surface area (Å²) >= 11 is 3.47. The maximum absolute atomic E-state index is 13.7.